The molecule has 0 aliphatic rings. The lowest BCUT2D eigenvalue weighted by atomic mass is 10.2. The molecule has 1 amide bonds. The van der Waals surface area contributed by atoms with E-state index in [0.717, 1.165) is 11.1 Å². The van der Waals surface area contributed by atoms with Crippen molar-refractivity contribution in [1.82, 2.24) is 10.0 Å². The molecular weight excluding hydrogens is 331 g/mol. The molecule has 128 valence electrons. The summed E-state index contributed by atoms with van der Waals surface area (Å²) in [4.78, 5) is 12.0. The fourth-order valence-electron chi connectivity index (χ4n) is 2.04. The Labute approximate surface area is 141 Å². The fraction of sp³-hybridized carbons (Fsp3) is 0.235. The van der Waals surface area contributed by atoms with Crippen LogP contribution in [0.1, 0.15) is 11.1 Å². The molecule has 0 radical (unpaired) electrons. The van der Waals surface area contributed by atoms with Gasteiger partial charge in [0.2, 0.25) is 15.9 Å². The normalized spacial score (nSPS) is 12.6. The van der Waals surface area contributed by atoms with E-state index in [-0.39, 0.29) is 11.4 Å². The summed E-state index contributed by atoms with van der Waals surface area (Å²) in [7, 11) is -3.97. The second-order valence-corrected chi connectivity index (χ2v) is 7.06. The first-order valence-electron chi connectivity index (χ1n) is 7.39. The van der Waals surface area contributed by atoms with Gasteiger partial charge in [-0.25, -0.2) is 12.8 Å². The highest BCUT2D eigenvalue weighted by Crippen LogP contribution is 2.11. The van der Waals surface area contributed by atoms with Gasteiger partial charge < -0.3 is 5.32 Å². The summed E-state index contributed by atoms with van der Waals surface area (Å²) in [6.07, 6.45) is 0. The fourth-order valence-corrected chi connectivity index (χ4v) is 3.21. The molecule has 2 aromatic rings. The number of alkyl halides is 1. The summed E-state index contributed by atoms with van der Waals surface area (Å²) in [5.74, 6) is -0.711. The lowest BCUT2D eigenvalue weighted by Crippen LogP contribution is -2.47. The lowest BCUT2D eigenvalue weighted by molar-refractivity contribution is -0.123. The number of hydrogen-bond donors (Lipinski definition) is 2. The van der Waals surface area contributed by atoms with E-state index in [1.165, 1.54) is 12.1 Å². The number of nitrogens with one attached hydrogen (secondary N) is 2. The Hall–Kier alpha value is -2.25. The molecule has 0 heterocycles. The molecule has 1 unspecified atom stereocenters. The first kappa shape index (κ1) is 18.1. The van der Waals surface area contributed by atoms with Gasteiger partial charge in [-0.1, -0.05) is 48.0 Å². The zero-order valence-electron chi connectivity index (χ0n) is 13.2. The topological polar surface area (TPSA) is 75.3 Å². The van der Waals surface area contributed by atoms with Gasteiger partial charge in [-0.05, 0) is 24.6 Å². The summed E-state index contributed by atoms with van der Waals surface area (Å²) >= 11 is 0. The second kappa shape index (κ2) is 8.03. The third-order valence-corrected chi connectivity index (χ3v) is 4.90. The summed E-state index contributed by atoms with van der Waals surface area (Å²) in [5, 5.41) is 2.53. The maximum atomic E-state index is 13.2. The van der Waals surface area contributed by atoms with Crippen LogP contribution in [-0.2, 0) is 21.4 Å². The molecule has 0 saturated heterocycles. The Morgan fingerprint density at radius 3 is 2.29 bits per heavy atom. The van der Waals surface area contributed by atoms with Crippen molar-refractivity contribution in [1.29, 1.82) is 0 Å². The molecule has 0 fully saturated rings. The number of hydrogen-bond acceptors (Lipinski definition) is 3. The lowest BCUT2D eigenvalue weighted by Gasteiger charge is -2.16. The minimum absolute atomic E-state index is 0.0117. The molecule has 7 heteroatoms. The minimum atomic E-state index is -3.97. The summed E-state index contributed by atoms with van der Waals surface area (Å²) in [6, 6.07) is 13.7. The van der Waals surface area contributed by atoms with Gasteiger partial charge in [0.15, 0.2) is 0 Å². The molecule has 0 aliphatic carbocycles. The van der Waals surface area contributed by atoms with Gasteiger partial charge in [0.1, 0.15) is 12.7 Å². The third-order valence-electron chi connectivity index (χ3n) is 3.41. The Morgan fingerprint density at radius 1 is 1.08 bits per heavy atom. The second-order valence-electron chi connectivity index (χ2n) is 5.34. The van der Waals surface area contributed by atoms with E-state index < -0.39 is 28.6 Å². The molecule has 2 N–H and O–H groups in total. The Kier molecular flexibility index (Phi) is 6.05. The van der Waals surface area contributed by atoms with E-state index in [1.54, 1.807) is 24.3 Å². The molecule has 24 heavy (non-hydrogen) atoms. The van der Waals surface area contributed by atoms with Crippen LogP contribution in [-0.4, -0.2) is 27.0 Å². The molecule has 0 bridgehead atoms. The Bertz CT molecular complexity index is 777. The van der Waals surface area contributed by atoms with Crippen molar-refractivity contribution >= 4 is 15.9 Å². The van der Waals surface area contributed by atoms with E-state index in [4.69, 9.17) is 0 Å². The summed E-state index contributed by atoms with van der Waals surface area (Å²) in [6.45, 7) is 0.888. The van der Waals surface area contributed by atoms with Crippen LogP contribution in [0.25, 0.3) is 0 Å². The van der Waals surface area contributed by atoms with Crippen LogP contribution in [0.2, 0.25) is 0 Å². The highest BCUT2D eigenvalue weighted by molar-refractivity contribution is 7.89. The van der Waals surface area contributed by atoms with Crippen LogP contribution in [0, 0.1) is 6.92 Å². The third kappa shape index (κ3) is 4.87. The van der Waals surface area contributed by atoms with Crippen molar-refractivity contribution < 1.29 is 17.6 Å². The highest BCUT2D eigenvalue weighted by atomic mass is 32.2. The van der Waals surface area contributed by atoms with Gasteiger partial charge in [0, 0.05) is 6.54 Å². The predicted molar refractivity (Wildman–Crippen MR) is 89.6 cm³/mol. The monoisotopic (exact) mass is 350 g/mol. The average Bonchev–Trinajstić information content (AvgIpc) is 2.59. The largest absolute Gasteiger partial charge is 0.351 e. The van der Waals surface area contributed by atoms with Crippen molar-refractivity contribution in [3.8, 4) is 0 Å². The van der Waals surface area contributed by atoms with Crippen LogP contribution in [0.3, 0.4) is 0 Å². The molecular formula is C17H19FN2O3S. The van der Waals surface area contributed by atoms with Crippen LogP contribution in [0.4, 0.5) is 4.39 Å². The molecule has 0 spiro atoms. The van der Waals surface area contributed by atoms with E-state index in [2.05, 4.69) is 10.0 Å². The van der Waals surface area contributed by atoms with Crippen LogP contribution in [0.5, 0.6) is 0 Å². The van der Waals surface area contributed by atoms with Crippen LogP contribution < -0.4 is 10.0 Å². The number of benzene rings is 2. The van der Waals surface area contributed by atoms with Crippen LogP contribution >= 0.6 is 0 Å². The average molecular weight is 350 g/mol. The minimum Gasteiger partial charge on any atom is -0.351 e. The summed E-state index contributed by atoms with van der Waals surface area (Å²) < 4.78 is 39.7. The van der Waals surface area contributed by atoms with Gasteiger partial charge in [0.25, 0.3) is 0 Å². The summed E-state index contributed by atoms with van der Waals surface area (Å²) in [5.41, 5.74) is 1.74. The number of rotatable bonds is 7. The number of amides is 1. The molecule has 5 nitrogen and oxygen atoms in total. The Morgan fingerprint density at radius 2 is 1.71 bits per heavy atom. The number of sulfonamides is 1. The highest BCUT2D eigenvalue weighted by Gasteiger charge is 2.25. The molecule has 0 aliphatic heterocycles. The van der Waals surface area contributed by atoms with Gasteiger partial charge in [-0.3, -0.25) is 4.79 Å². The zero-order valence-corrected chi connectivity index (χ0v) is 14.0. The number of carbonyl (C=O) groups is 1. The van der Waals surface area contributed by atoms with Crippen molar-refractivity contribution in [2.75, 3.05) is 6.67 Å². The number of aryl methyl sites for hydroxylation is 1. The van der Waals surface area contributed by atoms with E-state index in [9.17, 15) is 17.6 Å². The quantitative estimate of drug-likeness (QED) is 0.801. The van der Waals surface area contributed by atoms with Gasteiger partial charge in [-0.2, -0.15) is 4.72 Å². The van der Waals surface area contributed by atoms with Crippen molar-refractivity contribution in [2.45, 2.75) is 24.4 Å². The smallest absolute Gasteiger partial charge is 0.241 e. The van der Waals surface area contributed by atoms with E-state index in [1.807, 2.05) is 25.1 Å². The zero-order chi connectivity index (χ0) is 17.6. The van der Waals surface area contributed by atoms with E-state index in [0.29, 0.717) is 0 Å². The SMILES string of the molecule is Cc1ccc(S(=O)(=O)NC(CF)C(=O)NCc2ccccc2)cc1. The molecule has 2 aromatic carbocycles. The first-order chi connectivity index (χ1) is 11.4. The molecule has 2 rings (SSSR count). The number of halogens is 1. The maximum Gasteiger partial charge on any atom is 0.241 e. The first-order valence-corrected chi connectivity index (χ1v) is 8.87. The van der Waals surface area contributed by atoms with Crippen molar-refractivity contribution in [2.24, 2.45) is 0 Å². The van der Waals surface area contributed by atoms with Gasteiger partial charge in [0.05, 0.1) is 4.90 Å². The molecule has 0 aromatic heterocycles. The predicted octanol–water partition coefficient (Wildman–Crippen LogP) is 1.93. The van der Waals surface area contributed by atoms with Crippen molar-refractivity contribution in [3.63, 3.8) is 0 Å². The van der Waals surface area contributed by atoms with Crippen LogP contribution in [0.15, 0.2) is 59.5 Å². The van der Waals surface area contributed by atoms with Gasteiger partial charge >= 0.3 is 0 Å². The standard InChI is InChI=1S/C17H19FN2O3S/c1-13-7-9-15(10-8-13)24(22,23)20-16(11-18)17(21)19-12-14-5-3-2-4-6-14/h2-10,16,20H,11-12H2,1H3,(H,19,21). The van der Waals surface area contributed by atoms with Gasteiger partial charge in [-0.15, -0.1) is 0 Å². The van der Waals surface area contributed by atoms with Crippen molar-refractivity contribution in [3.05, 3.63) is 65.7 Å². The molecule has 0 saturated carbocycles. The maximum absolute atomic E-state index is 13.2. The number of carbonyl (C=O) groups excluding carboxylic acids is 1. The Balaban J connectivity index is 2.02. The molecule has 1 atom stereocenters. The van der Waals surface area contributed by atoms with E-state index >= 15 is 0 Å².